The molecule has 0 fully saturated rings. The Balaban J connectivity index is 2.59. The molecule has 0 aliphatic heterocycles. The van der Waals surface area contributed by atoms with Gasteiger partial charge in [-0.3, -0.25) is 9.59 Å². The fraction of sp³-hybridized carbons (Fsp3) is 0.545. The van der Waals surface area contributed by atoms with Crippen molar-refractivity contribution >= 4 is 11.8 Å². The Morgan fingerprint density at radius 3 is 2.77 bits per heavy atom. The van der Waals surface area contributed by atoms with Crippen molar-refractivity contribution in [3.8, 4) is 12.3 Å². The van der Waals surface area contributed by atoms with Crippen LogP contribution in [-0.2, 0) is 9.59 Å². The fourth-order valence-electron chi connectivity index (χ4n) is 3.08. The van der Waals surface area contributed by atoms with Crippen molar-refractivity contribution in [3.63, 3.8) is 0 Å². The Hall–Kier alpha value is -2.12. The number of aliphatic hydroxyl groups is 1. The number of unbranched alkanes of at least 4 members (excludes halogenated alkanes) is 3. The molecule has 142 valence electrons. The van der Waals surface area contributed by atoms with Crippen LogP contribution in [0.3, 0.4) is 0 Å². The Labute approximate surface area is 156 Å². The Kier molecular flexibility index (Phi) is 10.3. The van der Waals surface area contributed by atoms with Crippen LogP contribution >= 0.6 is 0 Å². The van der Waals surface area contributed by atoms with Crippen LogP contribution in [0.2, 0.25) is 0 Å². The third-order valence-electron chi connectivity index (χ3n) is 4.59. The third-order valence-corrected chi connectivity index (χ3v) is 4.59. The first-order chi connectivity index (χ1) is 12.5. The minimum atomic E-state index is -0.792. The SMILES string of the molecule is C#CC1=CC(=O)[C@@H](/C=C/[C@@H](O)CCCCC)[C@@H]1CC=CCCCC(=O)O. The monoisotopic (exact) mass is 358 g/mol. The van der Waals surface area contributed by atoms with Crippen LogP contribution in [0.1, 0.15) is 58.3 Å². The minimum absolute atomic E-state index is 0.0146. The highest BCUT2D eigenvalue weighted by atomic mass is 16.4. The second-order valence-corrected chi connectivity index (χ2v) is 6.72. The quantitative estimate of drug-likeness (QED) is 0.313. The van der Waals surface area contributed by atoms with E-state index in [0.29, 0.717) is 31.3 Å². The van der Waals surface area contributed by atoms with Crippen molar-refractivity contribution in [2.75, 3.05) is 0 Å². The van der Waals surface area contributed by atoms with Crippen LogP contribution < -0.4 is 0 Å². The summed E-state index contributed by atoms with van der Waals surface area (Å²) in [6.07, 6.45) is 19.9. The maximum absolute atomic E-state index is 12.2. The number of aliphatic carboxylic acids is 1. The highest BCUT2D eigenvalue weighted by Gasteiger charge is 2.32. The molecule has 1 aliphatic rings. The standard InChI is InChI=1S/C22H30O4/c1-3-5-8-11-18(23)14-15-20-19(17(4-2)16-21(20)24)12-9-6-7-10-13-22(25)26/h2,6,9,14-16,18-20,23H,3,5,7-8,10-13H2,1H3,(H,25,26)/b9-6?,15-14+/t18-,19+,20-/m0/s1. The van der Waals surface area contributed by atoms with Gasteiger partial charge in [-0.1, -0.05) is 56.4 Å². The second kappa shape index (κ2) is 12.3. The average Bonchev–Trinajstić information content (AvgIpc) is 2.91. The molecule has 4 heteroatoms. The van der Waals surface area contributed by atoms with Gasteiger partial charge in [-0.25, -0.2) is 0 Å². The predicted molar refractivity (Wildman–Crippen MR) is 103 cm³/mol. The number of hydrogen-bond donors (Lipinski definition) is 2. The molecule has 0 aromatic carbocycles. The van der Waals surface area contributed by atoms with Gasteiger partial charge in [-0.15, -0.1) is 6.42 Å². The summed E-state index contributed by atoms with van der Waals surface area (Å²) in [5.74, 6) is 1.39. The number of allylic oxidation sites excluding steroid dienone is 5. The molecule has 0 aromatic rings. The van der Waals surface area contributed by atoms with Gasteiger partial charge in [0.25, 0.3) is 0 Å². The van der Waals surface area contributed by atoms with Crippen LogP contribution in [0, 0.1) is 24.2 Å². The van der Waals surface area contributed by atoms with Crippen molar-refractivity contribution in [1.82, 2.24) is 0 Å². The highest BCUT2D eigenvalue weighted by molar-refractivity contribution is 5.98. The number of hydrogen-bond acceptors (Lipinski definition) is 3. The smallest absolute Gasteiger partial charge is 0.303 e. The summed E-state index contributed by atoms with van der Waals surface area (Å²) in [5, 5.41) is 18.7. The van der Waals surface area contributed by atoms with E-state index in [-0.39, 0.29) is 24.0 Å². The summed E-state index contributed by atoms with van der Waals surface area (Å²) in [7, 11) is 0. The molecule has 3 atom stereocenters. The van der Waals surface area contributed by atoms with E-state index in [9.17, 15) is 14.7 Å². The first-order valence-corrected chi connectivity index (χ1v) is 9.44. The number of carboxylic acid groups (broad SMARTS) is 1. The molecule has 1 rings (SSSR count). The summed E-state index contributed by atoms with van der Waals surface area (Å²) in [6, 6.07) is 0. The number of carbonyl (C=O) groups excluding carboxylic acids is 1. The lowest BCUT2D eigenvalue weighted by Crippen LogP contribution is -2.15. The zero-order chi connectivity index (χ0) is 19.4. The molecule has 0 saturated carbocycles. The van der Waals surface area contributed by atoms with E-state index < -0.39 is 12.1 Å². The molecule has 2 N–H and O–H groups in total. The number of terminal acetylenes is 1. The number of rotatable bonds is 12. The Morgan fingerprint density at radius 2 is 2.12 bits per heavy atom. The number of carboxylic acids is 1. The van der Waals surface area contributed by atoms with E-state index in [1.165, 1.54) is 6.08 Å². The molecule has 0 heterocycles. The lowest BCUT2D eigenvalue weighted by molar-refractivity contribution is -0.137. The molecule has 0 aromatic heterocycles. The normalized spacial score (nSPS) is 21.3. The van der Waals surface area contributed by atoms with E-state index in [4.69, 9.17) is 11.5 Å². The van der Waals surface area contributed by atoms with Gasteiger partial charge in [0.05, 0.1) is 6.10 Å². The predicted octanol–water partition coefficient (Wildman–Crippen LogP) is 4.06. The maximum Gasteiger partial charge on any atom is 0.303 e. The van der Waals surface area contributed by atoms with Crippen molar-refractivity contribution in [1.29, 1.82) is 0 Å². The zero-order valence-electron chi connectivity index (χ0n) is 15.6. The van der Waals surface area contributed by atoms with E-state index >= 15 is 0 Å². The van der Waals surface area contributed by atoms with Crippen molar-refractivity contribution in [2.45, 2.75) is 64.4 Å². The van der Waals surface area contributed by atoms with Crippen LogP contribution in [0.4, 0.5) is 0 Å². The topological polar surface area (TPSA) is 74.6 Å². The highest BCUT2D eigenvalue weighted by Crippen LogP contribution is 2.33. The largest absolute Gasteiger partial charge is 0.481 e. The molecular formula is C22H30O4. The van der Waals surface area contributed by atoms with Gasteiger partial charge in [0.15, 0.2) is 5.78 Å². The zero-order valence-corrected chi connectivity index (χ0v) is 15.6. The molecule has 26 heavy (non-hydrogen) atoms. The van der Waals surface area contributed by atoms with Gasteiger partial charge in [-0.2, -0.15) is 0 Å². The van der Waals surface area contributed by atoms with Crippen LogP contribution in [0.5, 0.6) is 0 Å². The van der Waals surface area contributed by atoms with Crippen LogP contribution in [0.15, 0.2) is 36.0 Å². The van der Waals surface area contributed by atoms with E-state index in [1.54, 1.807) is 12.2 Å². The fourth-order valence-corrected chi connectivity index (χ4v) is 3.08. The first kappa shape index (κ1) is 21.9. The summed E-state index contributed by atoms with van der Waals surface area (Å²) in [4.78, 5) is 22.7. The van der Waals surface area contributed by atoms with Gasteiger partial charge in [0.2, 0.25) is 0 Å². The third kappa shape index (κ3) is 7.84. The molecule has 0 amide bonds. The van der Waals surface area contributed by atoms with Crippen molar-refractivity contribution in [2.24, 2.45) is 11.8 Å². The average molecular weight is 358 g/mol. The number of ketones is 1. The molecular weight excluding hydrogens is 328 g/mol. The molecule has 0 saturated heterocycles. The van der Waals surface area contributed by atoms with Gasteiger partial charge in [0.1, 0.15) is 0 Å². The second-order valence-electron chi connectivity index (χ2n) is 6.72. The van der Waals surface area contributed by atoms with Crippen LogP contribution in [-0.4, -0.2) is 28.1 Å². The summed E-state index contributed by atoms with van der Waals surface area (Å²) < 4.78 is 0. The number of carbonyl (C=O) groups is 2. The lowest BCUT2D eigenvalue weighted by atomic mass is 9.87. The molecule has 0 spiro atoms. The van der Waals surface area contributed by atoms with Gasteiger partial charge < -0.3 is 10.2 Å². The Morgan fingerprint density at radius 1 is 1.35 bits per heavy atom. The molecule has 0 unspecified atom stereocenters. The molecule has 0 bridgehead atoms. The van der Waals surface area contributed by atoms with Crippen molar-refractivity contribution in [3.05, 3.63) is 36.0 Å². The lowest BCUT2D eigenvalue weighted by Gasteiger charge is -2.16. The van der Waals surface area contributed by atoms with Gasteiger partial charge in [0, 0.05) is 23.8 Å². The molecule has 1 aliphatic carbocycles. The summed E-state index contributed by atoms with van der Waals surface area (Å²) >= 11 is 0. The van der Waals surface area contributed by atoms with Gasteiger partial charge >= 0.3 is 5.97 Å². The van der Waals surface area contributed by atoms with E-state index in [2.05, 4.69) is 12.8 Å². The van der Waals surface area contributed by atoms with E-state index in [1.807, 2.05) is 12.2 Å². The van der Waals surface area contributed by atoms with Crippen LogP contribution in [0.25, 0.3) is 0 Å². The van der Waals surface area contributed by atoms with Gasteiger partial charge in [-0.05, 0) is 31.8 Å². The molecule has 0 radical (unpaired) electrons. The number of aliphatic hydroxyl groups excluding tert-OH is 1. The van der Waals surface area contributed by atoms with E-state index in [0.717, 1.165) is 19.3 Å². The first-order valence-electron chi connectivity index (χ1n) is 9.44. The minimum Gasteiger partial charge on any atom is -0.481 e. The van der Waals surface area contributed by atoms with Crippen molar-refractivity contribution < 1.29 is 19.8 Å². The summed E-state index contributed by atoms with van der Waals surface area (Å²) in [6.45, 7) is 2.12. The molecule has 4 nitrogen and oxygen atoms in total. The Bertz CT molecular complexity index is 592. The summed E-state index contributed by atoms with van der Waals surface area (Å²) in [5.41, 5.74) is 0.695. The maximum atomic E-state index is 12.2.